The maximum Gasteiger partial charge on any atom is 0.244 e. The van der Waals surface area contributed by atoms with E-state index < -0.39 is 0 Å². The number of ether oxygens (including phenoxy) is 1. The van der Waals surface area contributed by atoms with E-state index in [0.717, 1.165) is 29.8 Å². The van der Waals surface area contributed by atoms with Gasteiger partial charge >= 0.3 is 0 Å². The summed E-state index contributed by atoms with van der Waals surface area (Å²) in [6, 6.07) is 3.74. The summed E-state index contributed by atoms with van der Waals surface area (Å²) >= 11 is 0. The number of benzene rings is 1. The lowest BCUT2D eigenvalue weighted by Crippen LogP contribution is -2.47. The minimum absolute atomic E-state index is 0.127. The van der Waals surface area contributed by atoms with Crippen LogP contribution in [0.5, 0.6) is 5.75 Å². The van der Waals surface area contributed by atoms with Crippen LogP contribution in [0.4, 0.5) is 0 Å². The number of carbonyl (C=O) groups excluding carboxylic acids is 1. The van der Waals surface area contributed by atoms with Gasteiger partial charge in [-0.05, 0) is 53.5 Å². The number of carbonyl (C=O) groups is 1. The van der Waals surface area contributed by atoms with E-state index in [0.29, 0.717) is 32.1 Å². The second kappa shape index (κ2) is 9.05. The van der Waals surface area contributed by atoms with Gasteiger partial charge in [0.25, 0.3) is 0 Å². The maximum atomic E-state index is 13.6. The van der Waals surface area contributed by atoms with Crippen LogP contribution in [0.25, 0.3) is 0 Å². The van der Waals surface area contributed by atoms with Crippen molar-refractivity contribution in [1.82, 2.24) is 9.80 Å². The fourth-order valence-electron chi connectivity index (χ4n) is 4.01. The molecule has 1 unspecified atom stereocenters. The summed E-state index contributed by atoms with van der Waals surface area (Å²) in [5.74, 6) is 0.479. The van der Waals surface area contributed by atoms with Crippen LogP contribution in [-0.2, 0) is 20.4 Å². The van der Waals surface area contributed by atoms with E-state index in [1.165, 1.54) is 0 Å². The Morgan fingerprint density at radius 3 is 1.86 bits per heavy atom. The van der Waals surface area contributed by atoms with Crippen LogP contribution in [0.15, 0.2) is 12.1 Å². The monoisotopic (exact) mass is 404 g/mol. The molecule has 1 aliphatic heterocycles. The fourth-order valence-corrected chi connectivity index (χ4v) is 4.01. The van der Waals surface area contributed by atoms with E-state index in [2.05, 4.69) is 46.4 Å². The molecule has 1 N–H and O–H groups in total. The summed E-state index contributed by atoms with van der Waals surface area (Å²) in [6.45, 7) is 20.8. The number of morpholine rings is 1. The molecule has 1 aromatic carbocycles. The summed E-state index contributed by atoms with van der Waals surface area (Å²) in [6.07, 6.45) is 0. The molecule has 1 atom stereocenters. The highest BCUT2D eigenvalue weighted by Gasteiger charge is 2.35. The van der Waals surface area contributed by atoms with E-state index in [9.17, 15) is 9.90 Å². The van der Waals surface area contributed by atoms with Crippen molar-refractivity contribution in [2.75, 3.05) is 39.4 Å². The van der Waals surface area contributed by atoms with E-state index in [1.54, 1.807) is 0 Å². The number of rotatable bonds is 5. The van der Waals surface area contributed by atoms with Gasteiger partial charge < -0.3 is 14.7 Å². The Hall–Kier alpha value is -1.59. The quantitative estimate of drug-likeness (QED) is 0.798. The number of hydrogen-bond donors (Lipinski definition) is 1. The first kappa shape index (κ1) is 23.7. The summed E-state index contributed by atoms with van der Waals surface area (Å²) in [4.78, 5) is 17.7. The molecule has 1 aromatic rings. The Kier molecular flexibility index (Phi) is 7.39. The molecule has 0 aromatic heterocycles. The molecule has 1 aliphatic rings. The number of hydrogen-bond acceptors (Lipinski definition) is 4. The molecule has 5 nitrogen and oxygen atoms in total. The van der Waals surface area contributed by atoms with Crippen LogP contribution in [0.3, 0.4) is 0 Å². The molecule has 1 fully saturated rings. The molecule has 1 heterocycles. The SMILES string of the molecule is CCN(CC)C(=O)C(c1cc(C(C)(C)C)c(O)c(C(C)(C)C)c1)N1CCOCC1. The van der Waals surface area contributed by atoms with Crippen molar-refractivity contribution in [2.45, 2.75) is 72.3 Å². The standard InChI is InChI=1S/C24H40N2O3/c1-9-25(10-2)22(28)20(26-11-13-29-14-12-26)17-15-18(23(3,4)5)21(27)19(16-17)24(6,7)8/h15-16,20,27H,9-14H2,1-8H3. The molecule has 1 amide bonds. The number of nitrogens with zero attached hydrogens (tertiary/aromatic N) is 2. The minimum Gasteiger partial charge on any atom is -0.507 e. The third-order valence-corrected chi connectivity index (χ3v) is 5.78. The van der Waals surface area contributed by atoms with Crippen LogP contribution in [0, 0.1) is 0 Å². The lowest BCUT2D eigenvalue weighted by molar-refractivity contribution is -0.138. The Bertz CT molecular complexity index is 671. The zero-order valence-electron chi connectivity index (χ0n) is 19.6. The van der Waals surface area contributed by atoms with Crippen LogP contribution in [-0.4, -0.2) is 60.2 Å². The number of phenols is 1. The normalized spacial score (nSPS) is 17.2. The molecule has 164 valence electrons. The predicted octanol–water partition coefficient (Wildman–Crippen LogP) is 4.23. The van der Waals surface area contributed by atoms with Gasteiger partial charge in [-0.25, -0.2) is 0 Å². The summed E-state index contributed by atoms with van der Waals surface area (Å²) in [5.41, 5.74) is 2.30. The van der Waals surface area contributed by atoms with Crippen molar-refractivity contribution >= 4 is 5.91 Å². The second-order valence-corrected chi connectivity index (χ2v) is 10.0. The van der Waals surface area contributed by atoms with E-state index in [4.69, 9.17) is 4.74 Å². The molecule has 0 radical (unpaired) electrons. The Balaban J connectivity index is 2.69. The molecule has 5 heteroatoms. The average Bonchev–Trinajstić information content (AvgIpc) is 2.63. The number of likely N-dealkylation sites (N-methyl/N-ethyl adjacent to an activating group) is 1. The lowest BCUT2D eigenvalue weighted by Gasteiger charge is -2.38. The Labute approximate surface area is 177 Å². The number of amides is 1. The van der Waals surface area contributed by atoms with Crippen LogP contribution in [0.2, 0.25) is 0 Å². The van der Waals surface area contributed by atoms with Gasteiger partial charge in [0.2, 0.25) is 5.91 Å². The molecule has 0 aliphatic carbocycles. The zero-order chi connectivity index (χ0) is 22.0. The van der Waals surface area contributed by atoms with E-state index >= 15 is 0 Å². The smallest absolute Gasteiger partial charge is 0.244 e. The number of aromatic hydroxyl groups is 1. The predicted molar refractivity (Wildman–Crippen MR) is 119 cm³/mol. The molecule has 0 bridgehead atoms. The largest absolute Gasteiger partial charge is 0.507 e. The molecular formula is C24H40N2O3. The van der Waals surface area contributed by atoms with Crippen molar-refractivity contribution in [3.63, 3.8) is 0 Å². The molecular weight excluding hydrogens is 364 g/mol. The second-order valence-electron chi connectivity index (χ2n) is 10.0. The highest BCUT2D eigenvalue weighted by atomic mass is 16.5. The van der Waals surface area contributed by atoms with Crippen LogP contribution < -0.4 is 0 Å². The van der Waals surface area contributed by atoms with Gasteiger partial charge in [0.15, 0.2) is 0 Å². The summed E-state index contributed by atoms with van der Waals surface area (Å²) in [7, 11) is 0. The first-order valence-corrected chi connectivity index (χ1v) is 10.9. The Morgan fingerprint density at radius 1 is 1.03 bits per heavy atom. The highest BCUT2D eigenvalue weighted by Crippen LogP contribution is 2.42. The first-order chi connectivity index (χ1) is 13.4. The number of phenolic OH excluding ortho intramolecular Hbond substituents is 1. The van der Waals surface area contributed by atoms with Gasteiger partial charge in [0, 0.05) is 26.2 Å². The van der Waals surface area contributed by atoms with Gasteiger partial charge in [-0.3, -0.25) is 9.69 Å². The highest BCUT2D eigenvalue weighted by molar-refractivity contribution is 5.83. The fraction of sp³-hybridized carbons (Fsp3) is 0.708. The summed E-state index contributed by atoms with van der Waals surface area (Å²) < 4.78 is 5.55. The van der Waals surface area contributed by atoms with Gasteiger partial charge in [-0.15, -0.1) is 0 Å². The first-order valence-electron chi connectivity index (χ1n) is 10.9. The minimum atomic E-state index is -0.360. The van der Waals surface area contributed by atoms with Crippen LogP contribution >= 0.6 is 0 Å². The van der Waals surface area contributed by atoms with Gasteiger partial charge in [0.05, 0.1) is 13.2 Å². The van der Waals surface area contributed by atoms with Crippen LogP contribution in [0.1, 0.15) is 78.1 Å². The molecule has 2 rings (SSSR count). The third kappa shape index (κ3) is 5.32. The Morgan fingerprint density at radius 2 is 1.48 bits per heavy atom. The molecule has 1 saturated heterocycles. The van der Waals surface area contributed by atoms with Crippen molar-refractivity contribution in [2.24, 2.45) is 0 Å². The van der Waals surface area contributed by atoms with Crippen molar-refractivity contribution < 1.29 is 14.6 Å². The van der Waals surface area contributed by atoms with Gasteiger partial charge in [-0.1, -0.05) is 41.5 Å². The van der Waals surface area contributed by atoms with Crippen molar-refractivity contribution in [3.8, 4) is 5.75 Å². The lowest BCUT2D eigenvalue weighted by atomic mass is 9.77. The zero-order valence-corrected chi connectivity index (χ0v) is 19.6. The van der Waals surface area contributed by atoms with Gasteiger partial charge in [-0.2, -0.15) is 0 Å². The molecule has 29 heavy (non-hydrogen) atoms. The third-order valence-electron chi connectivity index (χ3n) is 5.78. The van der Waals surface area contributed by atoms with E-state index in [-0.39, 0.29) is 22.8 Å². The topological polar surface area (TPSA) is 53.0 Å². The van der Waals surface area contributed by atoms with E-state index in [1.807, 2.05) is 30.9 Å². The molecule has 0 saturated carbocycles. The average molecular weight is 405 g/mol. The molecule has 0 spiro atoms. The van der Waals surface area contributed by atoms with Gasteiger partial charge in [0.1, 0.15) is 11.8 Å². The summed E-state index contributed by atoms with van der Waals surface area (Å²) in [5, 5.41) is 11.1. The van der Waals surface area contributed by atoms with Crippen molar-refractivity contribution in [1.29, 1.82) is 0 Å². The van der Waals surface area contributed by atoms with Crippen molar-refractivity contribution in [3.05, 3.63) is 28.8 Å². The maximum absolute atomic E-state index is 13.6.